The van der Waals surface area contributed by atoms with Gasteiger partial charge < -0.3 is 4.74 Å². The average molecular weight is 364 g/mol. The molecule has 26 heavy (non-hydrogen) atoms. The molecule has 0 spiro atoms. The molecule has 0 radical (unpaired) electrons. The number of hydrogen-bond acceptors (Lipinski definition) is 1. The van der Waals surface area contributed by atoms with Crippen LogP contribution in [0.15, 0.2) is 42.0 Å². The number of halogens is 4. The van der Waals surface area contributed by atoms with E-state index in [0.717, 1.165) is 31.2 Å². The molecule has 1 aliphatic carbocycles. The standard InChI is InChI=1S/C21H20F4O/c1-2-3-4-14-5-11-19-16(13-14)8-12-18(20(19)22)15-6-9-17(10-7-15)26-21(23,24)25/h6-10,12-13H,2-5,11H2,1H3. The fourth-order valence-electron chi connectivity index (χ4n) is 3.26. The highest BCUT2D eigenvalue weighted by Gasteiger charge is 2.31. The summed E-state index contributed by atoms with van der Waals surface area (Å²) in [6.07, 6.45) is 2.15. The zero-order valence-corrected chi connectivity index (χ0v) is 14.5. The number of benzene rings is 2. The first-order valence-corrected chi connectivity index (χ1v) is 8.74. The van der Waals surface area contributed by atoms with Crippen LogP contribution in [-0.4, -0.2) is 6.36 Å². The average Bonchev–Trinajstić information content (AvgIpc) is 2.60. The fourth-order valence-corrected chi connectivity index (χ4v) is 3.26. The van der Waals surface area contributed by atoms with Crippen molar-refractivity contribution in [1.29, 1.82) is 0 Å². The summed E-state index contributed by atoms with van der Waals surface area (Å²) in [7, 11) is 0. The van der Waals surface area contributed by atoms with Gasteiger partial charge in [0.15, 0.2) is 0 Å². The first kappa shape index (κ1) is 18.5. The second-order valence-corrected chi connectivity index (χ2v) is 6.47. The maximum absolute atomic E-state index is 15.0. The van der Waals surface area contributed by atoms with Crippen LogP contribution in [0, 0.1) is 5.82 Å². The number of allylic oxidation sites excluding steroid dienone is 1. The van der Waals surface area contributed by atoms with Gasteiger partial charge in [0.25, 0.3) is 0 Å². The molecule has 0 saturated carbocycles. The molecule has 0 aliphatic heterocycles. The summed E-state index contributed by atoms with van der Waals surface area (Å²) in [6.45, 7) is 2.15. The van der Waals surface area contributed by atoms with Crippen LogP contribution < -0.4 is 4.74 Å². The Morgan fingerprint density at radius 1 is 1.00 bits per heavy atom. The Labute approximate surface area is 150 Å². The van der Waals surface area contributed by atoms with Gasteiger partial charge in [0.05, 0.1) is 0 Å². The SMILES string of the molecule is CCCCC1=Cc2ccc(-c3ccc(OC(F)(F)F)cc3)c(F)c2CC1. The van der Waals surface area contributed by atoms with Gasteiger partial charge in [-0.05, 0) is 54.5 Å². The van der Waals surface area contributed by atoms with Gasteiger partial charge in [-0.1, -0.05) is 49.3 Å². The third kappa shape index (κ3) is 4.26. The molecule has 138 valence electrons. The van der Waals surface area contributed by atoms with Crippen molar-refractivity contribution in [2.24, 2.45) is 0 Å². The largest absolute Gasteiger partial charge is 0.573 e. The summed E-state index contributed by atoms with van der Waals surface area (Å²) in [5, 5.41) is 0. The molecule has 5 heteroatoms. The van der Waals surface area contributed by atoms with Crippen LogP contribution in [0.2, 0.25) is 0 Å². The summed E-state index contributed by atoms with van der Waals surface area (Å²) in [5.74, 6) is -0.610. The normalized spacial score (nSPS) is 14.0. The van der Waals surface area contributed by atoms with E-state index in [9.17, 15) is 17.6 Å². The highest BCUT2D eigenvalue weighted by molar-refractivity contribution is 5.71. The Morgan fingerprint density at radius 2 is 1.73 bits per heavy atom. The van der Waals surface area contributed by atoms with Gasteiger partial charge >= 0.3 is 6.36 Å². The first-order valence-electron chi connectivity index (χ1n) is 8.74. The summed E-state index contributed by atoms with van der Waals surface area (Å²) in [6, 6.07) is 8.86. The highest BCUT2D eigenvalue weighted by Crippen LogP contribution is 2.34. The lowest BCUT2D eigenvalue weighted by atomic mass is 9.87. The molecule has 0 fully saturated rings. The molecule has 0 atom stereocenters. The number of hydrogen-bond donors (Lipinski definition) is 0. The van der Waals surface area contributed by atoms with Crippen LogP contribution in [0.3, 0.4) is 0 Å². The van der Waals surface area contributed by atoms with Crippen molar-refractivity contribution in [2.45, 2.75) is 45.4 Å². The molecule has 2 aromatic rings. The van der Waals surface area contributed by atoms with Crippen LogP contribution in [0.5, 0.6) is 5.75 Å². The van der Waals surface area contributed by atoms with Crippen molar-refractivity contribution in [3.63, 3.8) is 0 Å². The van der Waals surface area contributed by atoms with Gasteiger partial charge in [-0.15, -0.1) is 13.2 Å². The minimum absolute atomic E-state index is 0.294. The molecular weight excluding hydrogens is 344 g/mol. The fraction of sp³-hybridized carbons (Fsp3) is 0.333. The molecule has 3 rings (SSSR count). The van der Waals surface area contributed by atoms with E-state index in [1.807, 2.05) is 6.07 Å². The molecule has 0 saturated heterocycles. The predicted molar refractivity (Wildman–Crippen MR) is 94.3 cm³/mol. The molecule has 2 aromatic carbocycles. The Morgan fingerprint density at radius 3 is 2.38 bits per heavy atom. The summed E-state index contributed by atoms with van der Waals surface area (Å²) >= 11 is 0. The topological polar surface area (TPSA) is 9.23 Å². The van der Waals surface area contributed by atoms with Crippen molar-refractivity contribution in [3.8, 4) is 16.9 Å². The van der Waals surface area contributed by atoms with Crippen molar-refractivity contribution >= 4 is 6.08 Å². The first-order chi connectivity index (χ1) is 12.4. The van der Waals surface area contributed by atoms with E-state index in [-0.39, 0.29) is 11.6 Å². The number of fused-ring (bicyclic) bond motifs is 1. The molecule has 0 N–H and O–H groups in total. The molecule has 0 aromatic heterocycles. The van der Waals surface area contributed by atoms with Gasteiger partial charge in [0.1, 0.15) is 11.6 Å². The zero-order chi connectivity index (χ0) is 18.7. The number of ether oxygens (including phenoxy) is 1. The molecule has 0 unspecified atom stereocenters. The van der Waals surface area contributed by atoms with Crippen molar-refractivity contribution < 1.29 is 22.3 Å². The third-order valence-corrected chi connectivity index (χ3v) is 4.59. The maximum Gasteiger partial charge on any atom is 0.573 e. The van der Waals surface area contributed by atoms with Crippen LogP contribution in [0.25, 0.3) is 17.2 Å². The third-order valence-electron chi connectivity index (χ3n) is 4.59. The molecular formula is C21H20F4O. The van der Waals surface area contributed by atoms with Crippen LogP contribution in [0.4, 0.5) is 17.6 Å². The van der Waals surface area contributed by atoms with E-state index in [0.29, 0.717) is 23.1 Å². The van der Waals surface area contributed by atoms with Gasteiger partial charge in [-0.3, -0.25) is 0 Å². The maximum atomic E-state index is 15.0. The van der Waals surface area contributed by atoms with Crippen molar-refractivity contribution in [3.05, 3.63) is 58.9 Å². The second kappa shape index (κ2) is 7.52. The second-order valence-electron chi connectivity index (χ2n) is 6.47. The van der Waals surface area contributed by atoms with Gasteiger partial charge in [0.2, 0.25) is 0 Å². The van der Waals surface area contributed by atoms with E-state index in [2.05, 4.69) is 17.7 Å². The van der Waals surface area contributed by atoms with Crippen molar-refractivity contribution in [1.82, 2.24) is 0 Å². The smallest absolute Gasteiger partial charge is 0.406 e. The molecule has 0 amide bonds. The van der Waals surface area contributed by atoms with E-state index in [1.165, 1.54) is 29.8 Å². The Kier molecular flexibility index (Phi) is 5.35. The van der Waals surface area contributed by atoms with E-state index < -0.39 is 6.36 Å². The van der Waals surface area contributed by atoms with Gasteiger partial charge in [0, 0.05) is 5.56 Å². The summed E-state index contributed by atoms with van der Waals surface area (Å²) in [4.78, 5) is 0. The molecule has 1 nitrogen and oxygen atoms in total. The minimum Gasteiger partial charge on any atom is -0.406 e. The van der Waals surface area contributed by atoms with E-state index in [4.69, 9.17) is 0 Å². The van der Waals surface area contributed by atoms with Gasteiger partial charge in [-0.25, -0.2) is 4.39 Å². The van der Waals surface area contributed by atoms with Crippen LogP contribution in [-0.2, 0) is 6.42 Å². The molecule has 0 bridgehead atoms. The number of unbranched alkanes of at least 4 members (excludes halogenated alkanes) is 1. The lowest BCUT2D eigenvalue weighted by Crippen LogP contribution is -2.16. The predicted octanol–water partition coefficient (Wildman–Crippen LogP) is 6.91. The molecule has 0 heterocycles. The highest BCUT2D eigenvalue weighted by atomic mass is 19.4. The van der Waals surface area contributed by atoms with E-state index in [1.54, 1.807) is 6.07 Å². The quantitative estimate of drug-likeness (QED) is 0.524. The zero-order valence-electron chi connectivity index (χ0n) is 14.5. The monoisotopic (exact) mass is 364 g/mol. The van der Waals surface area contributed by atoms with Crippen molar-refractivity contribution in [2.75, 3.05) is 0 Å². The van der Waals surface area contributed by atoms with E-state index >= 15 is 0 Å². The Bertz CT molecular complexity index is 804. The lowest BCUT2D eigenvalue weighted by molar-refractivity contribution is -0.274. The van der Waals surface area contributed by atoms with Gasteiger partial charge in [-0.2, -0.15) is 0 Å². The molecule has 1 aliphatic rings. The minimum atomic E-state index is -4.74. The number of alkyl halides is 3. The van der Waals surface area contributed by atoms with Crippen LogP contribution in [0.1, 0.15) is 43.7 Å². The number of rotatable bonds is 5. The Balaban J connectivity index is 1.86. The summed E-state index contributed by atoms with van der Waals surface area (Å²) < 4.78 is 55.5. The lowest BCUT2D eigenvalue weighted by Gasteiger charge is -2.19. The van der Waals surface area contributed by atoms with Crippen LogP contribution >= 0.6 is 0 Å². The Hall–Kier alpha value is -2.30. The summed E-state index contributed by atoms with van der Waals surface area (Å²) in [5.41, 5.74) is 3.85.